The molecule has 3 rings (SSSR count). The third kappa shape index (κ3) is 3.27. The summed E-state index contributed by atoms with van der Waals surface area (Å²) >= 11 is 6.03. The number of rotatable bonds is 3. The normalized spacial score (nSPS) is 10.4. The largest absolute Gasteiger partial charge is 0.206 e. The summed E-state index contributed by atoms with van der Waals surface area (Å²) in [5.41, 5.74) is 1.55. The molecule has 0 spiro atoms. The zero-order valence-corrected chi connectivity index (χ0v) is 13.8. The number of halogens is 2. The Morgan fingerprint density at radius 2 is 1.61 bits per heavy atom. The molecule has 0 saturated heterocycles. The van der Waals surface area contributed by atoms with Crippen molar-refractivity contribution in [1.29, 1.82) is 0 Å². The van der Waals surface area contributed by atoms with E-state index < -0.39 is 11.6 Å². The van der Waals surface area contributed by atoms with Crippen molar-refractivity contribution in [3.8, 4) is 21.6 Å². The molecule has 0 aliphatic heterocycles. The fourth-order valence-electron chi connectivity index (χ4n) is 2.34. The van der Waals surface area contributed by atoms with E-state index in [2.05, 4.69) is 22.4 Å². The zero-order valence-electron chi connectivity index (χ0n) is 12.1. The molecule has 0 N–H and O–H groups in total. The first kappa shape index (κ1) is 15.7. The maximum absolute atomic E-state index is 14.4. The van der Waals surface area contributed by atoms with Gasteiger partial charge in [-0.1, -0.05) is 12.1 Å². The smallest absolute Gasteiger partial charge is 0.134 e. The van der Waals surface area contributed by atoms with Crippen LogP contribution >= 0.6 is 23.6 Å². The number of aryl methyl sites for hydroxylation is 1. The van der Waals surface area contributed by atoms with Gasteiger partial charge >= 0.3 is 0 Å². The second kappa shape index (κ2) is 6.50. The van der Waals surface area contributed by atoms with Crippen molar-refractivity contribution < 1.29 is 8.78 Å². The molecule has 0 atom stereocenters. The molecule has 114 valence electrons. The number of benzene rings is 2. The van der Waals surface area contributed by atoms with Crippen LogP contribution in [0.4, 0.5) is 14.5 Å². The maximum Gasteiger partial charge on any atom is 0.134 e. The van der Waals surface area contributed by atoms with Gasteiger partial charge in [0.2, 0.25) is 0 Å². The van der Waals surface area contributed by atoms with E-state index in [1.54, 1.807) is 24.3 Å². The Kier molecular flexibility index (Phi) is 4.44. The minimum absolute atomic E-state index is 0.0417. The van der Waals surface area contributed by atoms with Crippen LogP contribution in [0.15, 0.2) is 53.5 Å². The average Bonchev–Trinajstić information content (AvgIpc) is 2.95. The summed E-state index contributed by atoms with van der Waals surface area (Å²) in [6.07, 6.45) is 0. The van der Waals surface area contributed by atoms with Crippen LogP contribution in [0.5, 0.6) is 0 Å². The third-order valence-corrected chi connectivity index (χ3v) is 4.54. The van der Waals surface area contributed by atoms with Gasteiger partial charge in [0.25, 0.3) is 0 Å². The van der Waals surface area contributed by atoms with E-state index >= 15 is 0 Å². The van der Waals surface area contributed by atoms with Crippen molar-refractivity contribution in [2.24, 2.45) is 4.99 Å². The number of hydrogen-bond donors (Lipinski definition) is 0. The summed E-state index contributed by atoms with van der Waals surface area (Å²) in [5, 5.41) is 2.25. The Morgan fingerprint density at radius 3 is 2.13 bits per heavy atom. The number of nitrogens with zero attached hydrogens (tertiary/aromatic N) is 1. The number of aliphatic imine (C=N–C) groups is 1. The van der Waals surface area contributed by atoms with Crippen molar-refractivity contribution in [2.75, 3.05) is 0 Å². The van der Waals surface area contributed by atoms with Gasteiger partial charge in [-0.15, -0.1) is 11.3 Å². The standard InChI is InChI=1S/C18H11F2NS2/c1-11-2-7-17(23-11)13-8-15(19)18(16(20)9-13)12-3-5-14(6-4-12)21-10-22/h2-9H,1H3. The summed E-state index contributed by atoms with van der Waals surface area (Å²) < 4.78 is 28.9. The van der Waals surface area contributed by atoms with Crippen LogP contribution in [-0.4, -0.2) is 5.16 Å². The number of hydrogen-bond acceptors (Lipinski definition) is 3. The lowest BCUT2D eigenvalue weighted by Gasteiger charge is -2.08. The first-order chi connectivity index (χ1) is 11.1. The van der Waals surface area contributed by atoms with E-state index in [9.17, 15) is 8.78 Å². The molecule has 2 aromatic carbocycles. The minimum Gasteiger partial charge on any atom is -0.206 e. The predicted octanol–water partition coefficient (Wildman–Crippen LogP) is 6.40. The van der Waals surface area contributed by atoms with Crippen molar-refractivity contribution in [1.82, 2.24) is 0 Å². The quantitative estimate of drug-likeness (QED) is 0.396. The number of isothiocyanates is 1. The van der Waals surface area contributed by atoms with E-state index in [0.717, 1.165) is 9.75 Å². The van der Waals surface area contributed by atoms with Crippen molar-refractivity contribution >= 4 is 34.4 Å². The van der Waals surface area contributed by atoms with E-state index in [4.69, 9.17) is 0 Å². The maximum atomic E-state index is 14.4. The topological polar surface area (TPSA) is 12.4 Å². The molecule has 1 nitrogen and oxygen atoms in total. The molecule has 23 heavy (non-hydrogen) atoms. The van der Waals surface area contributed by atoms with Crippen LogP contribution in [0.1, 0.15) is 4.88 Å². The molecule has 5 heteroatoms. The average molecular weight is 343 g/mol. The summed E-state index contributed by atoms with van der Waals surface area (Å²) in [6, 6.07) is 13.0. The summed E-state index contributed by atoms with van der Waals surface area (Å²) in [7, 11) is 0. The van der Waals surface area contributed by atoms with E-state index in [1.165, 1.54) is 23.5 Å². The molecule has 0 fully saturated rings. The lowest BCUT2D eigenvalue weighted by atomic mass is 10.0. The molecule has 0 aliphatic rings. The van der Waals surface area contributed by atoms with Crippen LogP contribution in [0, 0.1) is 18.6 Å². The highest BCUT2D eigenvalue weighted by Gasteiger charge is 2.15. The zero-order chi connectivity index (χ0) is 16.4. The molecule has 3 aromatic rings. The van der Waals surface area contributed by atoms with Gasteiger partial charge in [0, 0.05) is 9.75 Å². The van der Waals surface area contributed by atoms with Crippen LogP contribution < -0.4 is 0 Å². The van der Waals surface area contributed by atoms with Crippen LogP contribution in [0.25, 0.3) is 21.6 Å². The highest BCUT2D eigenvalue weighted by molar-refractivity contribution is 7.78. The van der Waals surface area contributed by atoms with Crippen LogP contribution in [-0.2, 0) is 0 Å². The van der Waals surface area contributed by atoms with Crippen molar-refractivity contribution in [2.45, 2.75) is 6.92 Å². The van der Waals surface area contributed by atoms with Crippen LogP contribution in [0.3, 0.4) is 0 Å². The molecule has 0 radical (unpaired) electrons. The molecule has 0 bridgehead atoms. The molecule has 1 heterocycles. The lowest BCUT2D eigenvalue weighted by Crippen LogP contribution is -1.91. The van der Waals surface area contributed by atoms with Gasteiger partial charge in [-0.3, -0.25) is 0 Å². The molecular weight excluding hydrogens is 332 g/mol. The first-order valence-corrected chi connectivity index (χ1v) is 8.05. The molecule has 0 saturated carbocycles. The summed E-state index contributed by atoms with van der Waals surface area (Å²) in [5.74, 6) is -1.17. The Bertz CT molecular complexity index is 884. The fourth-order valence-corrected chi connectivity index (χ4v) is 3.30. The minimum atomic E-state index is -0.586. The monoisotopic (exact) mass is 343 g/mol. The van der Waals surface area contributed by atoms with Gasteiger partial charge in [-0.25, -0.2) is 8.78 Å². The first-order valence-electron chi connectivity index (χ1n) is 6.82. The van der Waals surface area contributed by atoms with E-state index in [1.807, 2.05) is 19.1 Å². The van der Waals surface area contributed by atoms with Gasteiger partial charge < -0.3 is 0 Å². The summed E-state index contributed by atoms with van der Waals surface area (Å²) in [4.78, 5) is 5.76. The number of thiophene rings is 1. The van der Waals surface area contributed by atoms with Gasteiger partial charge in [-0.05, 0) is 66.7 Å². The van der Waals surface area contributed by atoms with Crippen LogP contribution in [0.2, 0.25) is 0 Å². The highest BCUT2D eigenvalue weighted by atomic mass is 32.1. The molecule has 0 unspecified atom stereocenters. The van der Waals surface area contributed by atoms with Crippen molar-refractivity contribution in [3.63, 3.8) is 0 Å². The number of thiocarbonyl (C=S) groups is 1. The second-order valence-electron chi connectivity index (χ2n) is 4.98. The van der Waals surface area contributed by atoms with Gasteiger partial charge in [0.1, 0.15) is 11.6 Å². The Balaban J connectivity index is 2.05. The third-order valence-electron chi connectivity index (χ3n) is 3.40. The summed E-state index contributed by atoms with van der Waals surface area (Å²) in [6.45, 7) is 1.96. The second-order valence-corrected chi connectivity index (χ2v) is 6.45. The molecular formula is C18H11F2NS2. The molecule has 1 aromatic heterocycles. The SMILES string of the molecule is Cc1ccc(-c2cc(F)c(-c3ccc(N=C=S)cc3)c(F)c2)s1. The van der Waals surface area contributed by atoms with Gasteiger partial charge in [0.05, 0.1) is 16.4 Å². The predicted molar refractivity (Wildman–Crippen MR) is 94.5 cm³/mol. The van der Waals surface area contributed by atoms with Crippen molar-refractivity contribution in [3.05, 3.63) is 65.0 Å². The lowest BCUT2D eigenvalue weighted by molar-refractivity contribution is 0.590. The van der Waals surface area contributed by atoms with Gasteiger partial charge in [-0.2, -0.15) is 4.99 Å². The Hall–Kier alpha value is -2.20. The van der Waals surface area contributed by atoms with E-state index in [-0.39, 0.29) is 5.56 Å². The Labute approximate surface area is 142 Å². The molecule has 0 amide bonds. The fraction of sp³-hybridized carbons (Fsp3) is 0.0556. The Morgan fingerprint density at radius 1 is 0.957 bits per heavy atom. The molecule has 0 aliphatic carbocycles. The highest BCUT2D eigenvalue weighted by Crippen LogP contribution is 2.34. The van der Waals surface area contributed by atoms with Gasteiger partial charge in [0.15, 0.2) is 0 Å². The van der Waals surface area contributed by atoms with E-state index in [0.29, 0.717) is 16.8 Å².